The molecule has 0 aromatic heterocycles. The van der Waals surface area contributed by atoms with Crippen molar-refractivity contribution in [2.45, 2.75) is 47.0 Å². The van der Waals surface area contributed by atoms with Crippen molar-refractivity contribution in [1.29, 1.82) is 0 Å². The van der Waals surface area contributed by atoms with Crippen LogP contribution in [0, 0.1) is 5.41 Å². The summed E-state index contributed by atoms with van der Waals surface area (Å²) in [5.41, 5.74) is 1.53. The number of carbonyl (C=O) groups excluding carboxylic acids is 2. The highest BCUT2D eigenvalue weighted by Crippen LogP contribution is 2.26. The van der Waals surface area contributed by atoms with E-state index in [1.807, 2.05) is 26.0 Å². The number of carbonyl (C=O) groups is 2. The van der Waals surface area contributed by atoms with Crippen LogP contribution in [-0.4, -0.2) is 25.4 Å². The minimum atomic E-state index is -0.650. The maximum atomic E-state index is 12.6. The molecule has 1 aromatic carbocycles. The van der Waals surface area contributed by atoms with Crippen LogP contribution in [0.1, 0.15) is 47.1 Å². The zero-order chi connectivity index (χ0) is 17.1. The highest BCUT2D eigenvalue weighted by atomic mass is 16.2. The zero-order valence-corrected chi connectivity index (χ0v) is 14.8. The van der Waals surface area contributed by atoms with Gasteiger partial charge >= 0.3 is 0 Å². The van der Waals surface area contributed by atoms with Gasteiger partial charge in [0.2, 0.25) is 11.8 Å². The van der Waals surface area contributed by atoms with Crippen molar-refractivity contribution in [2.75, 3.05) is 18.5 Å². The summed E-state index contributed by atoms with van der Waals surface area (Å²) in [5, 5.41) is 2.72. The fraction of sp³-hybridized carbons (Fsp3) is 0.556. The molecule has 2 amide bonds. The highest BCUT2D eigenvalue weighted by molar-refractivity contribution is 5.97. The number of nitrogens with zero attached hydrogens (tertiary/aromatic N) is 1. The van der Waals surface area contributed by atoms with E-state index in [1.165, 1.54) is 12.5 Å². The summed E-state index contributed by atoms with van der Waals surface area (Å²) in [6.07, 6.45) is 0. The standard InChI is InChI=1S/C18H28N2O2/c1-13(21)19-12-18(5,6)16(22)20(7)15-10-8-14(9-11-15)17(2,3)4/h8-11H,12H2,1-7H3,(H,19,21). The Kier molecular flexibility index (Phi) is 5.39. The molecule has 1 aromatic rings. The number of anilines is 1. The van der Waals surface area contributed by atoms with Crippen molar-refractivity contribution in [3.63, 3.8) is 0 Å². The molecule has 22 heavy (non-hydrogen) atoms. The first-order chi connectivity index (χ1) is 9.95. The van der Waals surface area contributed by atoms with Gasteiger partial charge in [0.25, 0.3) is 0 Å². The summed E-state index contributed by atoms with van der Waals surface area (Å²) in [7, 11) is 1.77. The molecule has 0 aliphatic rings. The van der Waals surface area contributed by atoms with E-state index in [2.05, 4.69) is 38.2 Å². The van der Waals surface area contributed by atoms with Gasteiger partial charge in [-0.2, -0.15) is 0 Å². The van der Waals surface area contributed by atoms with E-state index in [9.17, 15) is 9.59 Å². The lowest BCUT2D eigenvalue weighted by atomic mass is 9.87. The molecule has 0 spiro atoms. The van der Waals surface area contributed by atoms with Gasteiger partial charge in [0.15, 0.2) is 0 Å². The normalized spacial score (nSPS) is 12.0. The van der Waals surface area contributed by atoms with E-state index in [-0.39, 0.29) is 17.2 Å². The average molecular weight is 304 g/mol. The van der Waals surface area contributed by atoms with Crippen LogP contribution in [0.15, 0.2) is 24.3 Å². The molecule has 0 bridgehead atoms. The van der Waals surface area contributed by atoms with Crippen molar-refractivity contribution in [3.8, 4) is 0 Å². The summed E-state index contributed by atoms with van der Waals surface area (Å²) < 4.78 is 0. The molecule has 0 fully saturated rings. The molecule has 0 aliphatic carbocycles. The minimum Gasteiger partial charge on any atom is -0.355 e. The van der Waals surface area contributed by atoms with Crippen LogP contribution < -0.4 is 10.2 Å². The lowest BCUT2D eigenvalue weighted by Crippen LogP contribution is -2.45. The van der Waals surface area contributed by atoms with Gasteiger partial charge in [-0.25, -0.2) is 0 Å². The first-order valence-electron chi connectivity index (χ1n) is 7.58. The van der Waals surface area contributed by atoms with E-state index in [1.54, 1.807) is 11.9 Å². The Hall–Kier alpha value is -1.84. The second-order valence-corrected chi connectivity index (χ2v) is 7.45. The van der Waals surface area contributed by atoms with Gasteiger partial charge in [0.05, 0.1) is 5.41 Å². The number of nitrogens with one attached hydrogen (secondary N) is 1. The molecule has 0 aliphatic heterocycles. The third kappa shape index (κ3) is 4.58. The molecule has 4 nitrogen and oxygen atoms in total. The van der Waals surface area contributed by atoms with Crippen LogP contribution in [-0.2, 0) is 15.0 Å². The van der Waals surface area contributed by atoms with Crippen LogP contribution in [0.3, 0.4) is 0 Å². The lowest BCUT2D eigenvalue weighted by Gasteiger charge is -2.30. The van der Waals surface area contributed by atoms with Crippen LogP contribution in [0.4, 0.5) is 5.69 Å². The smallest absolute Gasteiger partial charge is 0.234 e. The second-order valence-electron chi connectivity index (χ2n) is 7.45. The quantitative estimate of drug-likeness (QED) is 0.929. The Labute approximate surface area is 133 Å². The van der Waals surface area contributed by atoms with Gasteiger partial charge in [0, 0.05) is 26.2 Å². The molecule has 0 atom stereocenters. The Morgan fingerprint density at radius 2 is 1.55 bits per heavy atom. The molecule has 0 heterocycles. The minimum absolute atomic E-state index is 0.0234. The Morgan fingerprint density at radius 3 is 1.95 bits per heavy atom. The molecule has 4 heteroatoms. The molecule has 0 radical (unpaired) electrons. The molecule has 122 valence electrons. The van der Waals surface area contributed by atoms with Crippen molar-refractivity contribution < 1.29 is 9.59 Å². The maximum Gasteiger partial charge on any atom is 0.234 e. The molecule has 1 N–H and O–H groups in total. The third-order valence-electron chi connectivity index (χ3n) is 3.78. The van der Waals surface area contributed by atoms with Crippen molar-refractivity contribution in [2.24, 2.45) is 5.41 Å². The molecule has 0 saturated carbocycles. The van der Waals surface area contributed by atoms with Crippen LogP contribution in [0.2, 0.25) is 0 Å². The Bertz CT molecular complexity index is 539. The summed E-state index contributed by atoms with van der Waals surface area (Å²) in [6, 6.07) is 8.04. The van der Waals surface area contributed by atoms with Crippen LogP contribution >= 0.6 is 0 Å². The SMILES string of the molecule is CC(=O)NCC(C)(C)C(=O)N(C)c1ccc(C(C)(C)C)cc1. The molecule has 1 rings (SSSR count). The predicted octanol–water partition coefficient (Wildman–Crippen LogP) is 3.11. The van der Waals surface area contributed by atoms with E-state index in [4.69, 9.17) is 0 Å². The lowest BCUT2D eigenvalue weighted by molar-refractivity contribution is -0.127. The molecule has 0 saturated heterocycles. The number of hydrogen-bond acceptors (Lipinski definition) is 2. The predicted molar refractivity (Wildman–Crippen MR) is 91.0 cm³/mol. The van der Waals surface area contributed by atoms with E-state index >= 15 is 0 Å². The van der Waals surface area contributed by atoms with Gasteiger partial charge < -0.3 is 10.2 Å². The summed E-state index contributed by atoms with van der Waals surface area (Å²) in [4.78, 5) is 25.3. The van der Waals surface area contributed by atoms with Gasteiger partial charge in [-0.15, -0.1) is 0 Å². The van der Waals surface area contributed by atoms with Crippen LogP contribution in [0.25, 0.3) is 0 Å². The van der Waals surface area contributed by atoms with Crippen molar-refractivity contribution in [1.82, 2.24) is 5.32 Å². The second kappa shape index (κ2) is 6.51. The summed E-state index contributed by atoms with van der Waals surface area (Å²) >= 11 is 0. The van der Waals surface area contributed by atoms with E-state index in [0.29, 0.717) is 6.54 Å². The molecular formula is C18H28N2O2. The Balaban J connectivity index is 2.88. The number of amides is 2. The van der Waals surface area contributed by atoms with E-state index in [0.717, 1.165) is 5.69 Å². The monoisotopic (exact) mass is 304 g/mol. The van der Waals surface area contributed by atoms with Crippen molar-refractivity contribution >= 4 is 17.5 Å². The average Bonchev–Trinajstić information content (AvgIpc) is 2.43. The van der Waals surface area contributed by atoms with Gasteiger partial charge in [-0.1, -0.05) is 32.9 Å². The van der Waals surface area contributed by atoms with E-state index < -0.39 is 5.41 Å². The van der Waals surface area contributed by atoms with Gasteiger partial charge in [-0.3, -0.25) is 9.59 Å². The summed E-state index contributed by atoms with van der Waals surface area (Å²) in [5.74, 6) is -0.150. The molecular weight excluding hydrogens is 276 g/mol. The van der Waals surface area contributed by atoms with Gasteiger partial charge in [0.1, 0.15) is 0 Å². The molecule has 0 unspecified atom stereocenters. The van der Waals surface area contributed by atoms with Gasteiger partial charge in [-0.05, 0) is 37.0 Å². The topological polar surface area (TPSA) is 49.4 Å². The van der Waals surface area contributed by atoms with Crippen LogP contribution in [0.5, 0.6) is 0 Å². The first-order valence-corrected chi connectivity index (χ1v) is 7.58. The number of hydrogen-bond donors (Lipinski definition) is 1. The fourth-order valence-corrected chi connectivity index (χ4v) is 2.18. The fourth-order valence-electron chi connectivity index (χ4n) is 2.18. The zero-order valence-electron chi connectivity index (χ0n) is 14.8. The van der Waals surface area contributed by atoms with Crippen molar-refractivity contribution in [3.05, 3.63) is 29.8 Å². The third-order valence-corrected chi connectivity index (χ3v) is 3.78. The highest BCUT2D eigenvalue weighted by Gasteiger charge is 2.31. The largest absolute Gasteiger partial charge is 0.355 e. The number of benzene rings is 1. The number of rotatable bonds is 4. The first kappa shape index (κ1) is 18.2. The maximum absolute atomic E-state index is 12.6. The Morgan fingerprint density at radius 1 is 1.05 bits per heavy atom. The summed E-state index contributed by atoms with van der Waals surface area (Å²) in [6.45, 7) is 11.9.